The normalized spacial score (nSPS) is 12.7. The van der Waals surface area contributed by atoms with Gasteiger partial charge >= 0.3 is 0 Å². The molecular formula is C23H25BrN4O3S. The van der Waals surface area contributed by atoms with Crippen molar-refractivity contribution in [2.45, 2.75) is 32.9 Å². The molecule has 0 saturated carbocycles. The van der Waals surface area contributed by atoms with Crippen LogP contribution in [0.5, 0.6) is 0 Å². The van der Waals surface area contributed by atoms with Crippen LogP contribution in [0.4, 0.5) is 5.13 Å². The van der Waals surface area contributed by atoms with Crippen molar-refractivity contribution in [3.63, 3.8) is 0 Å². The number of hydrogen-bond acceptors (Lipinski definition) is 6. The number of hydrogen-bond donors (Lipinski definition) is 2. The summed E-state index contributed by atoms with van der Waals surface area (Å²) in [6, 6.07) is 16.6. The Labute approximate surface area is 199 Å². The molecule has 2 amide bonds. The predicted octanol–water partition coefficient (Wildman–Crippen LogP) is 4.65. The van der Waals surface area contributed by atoms with Gasteiger partial charge in [0.25, 0.3) is 0 Å². The number of nitrogens with zero attached hydrogens (tertiary/aromatic N) is 2. The van der Waals surface area contributed by atoms with Crippen molar-refractivity contribution < 1.29 is 14.3 Å². The van der Waals surface area contributed by atoms with E-state index >= 15 is 0 Å². The van der Waals surface area contributed by atoms with Gasteiger partial charge in [-0.1, -0.05) is 90.0 Å². The molecule has 32 heavy (non-hydrogen) atoms. The van der Waals surface area contributed by atoms with Crippen LogP contribution in [0.15, 0.2) is 59.1 Å². The molecule has 3 rings (SSSR count). The van der Waals surface area contributed by atoms with Crippen molar-refractivity contribution in [2.75, 3.05) is 11.9 Å². The predicted molar refractivity (Wildman–Crippen MR) is 129 cm³/mol. The third-order valence-corrected chi connectivity index (χ3v) is 6.26. The van der Waals surface area contributed by atoms with E-state index in [0.717, 1.165) is 22.0 Å². The number of anilines is 1. The maximum absolute atomic E-state index is 12.9. The van der Waals surface area contributed by atoms with Crippen LogP contribution in [0.2, 0.25) is 0 Å². The number of nitrogens with one attached hydrogen (secondary N) is 2. The Balaban J connectivity index is 1.58. The van der Waals surface area contributed by atoms with Crippen LogP contribution in [-0.2, 0) is 20.9 Å². The highest BCUT2D eigenvalue weighted by atomic mass is 79.9. The van der Waals surface area contributed by atoms with Crippen LogP contribution in [0.3, 0.4) is 0 Å². The van der Waals surface area contributed by atoms with Crippen molar-refractivity contribution >= 4 is 44.2 Å². The van der Waals surface area contributed by atoms with Crippen LogP contribution in [0.25, 0.3) is 10.6 Å². The smallest absolute Gasteiger partial charge is 0.249 e. The number of aromatic nitrogens is 2. The lowest BCUT2D eigenvalue weighted by molar-refractivity contribution is -0.131. The van der Waals surface area contributed by atoms with Gasteiger partial charge < -0.3 is 10.1 Å². The molecule has 0 aliphatic carbocycles. The average molecular weight is 517 g/mol. The number of carbonyl (C=O) groups excluding carboxylic acids is 2. The summed E-state index contributed by atoms with van der Waals surface area (Å²) in [4.78, 5) is 25.3. The second-order valence-corrected chi connectivity index (χ2v) is 9.21. The van der Waals surface area contributed by atoms with Crippen molar-refractivity contribution in [3.8, 4) is 10.6 Å². The summed E-state index contributed by atoms with van der Waals surface area (Å²) in [5.74, 6) is -0.730. The largest absolute Gasteiger partial charge is 0.367 e. The summed E-state index contributed by atoms with van der Waals surface area (Å²) < 4.78 is 6.42. The van der Waals surface area contributed by atoms with Crippen molar-refractivity contribution in [1.82, 2.24) is 15.5 Å². The van der Waals surface area contributed by atoms with Gasteiger partial charge in [0.2, 0.25) is 16.9 Å². The van der Waals surface area contributed by atoms with Crippen LogP contribution in [-0.4, -0.2) is 34.7 Å². The maximum atomic E-state index is 12.9. The topological polar surface area (TPSA) is 93.2 Å². The van der Waals surface area contributed by atoms with Gasteiger partial charge in [0.05, 0.1) is 6.61 Å². The Morgan fingerprint density at radius 2 is 1.91 bits per heavy atom. The van der Waals surface area contributed by atoms with Crippen LogP contribution < -0.4 is 10.6 Å². The Bertz CT molecular complexity index is 1040. The van der Waals surface area contributed by atoms with E-state index in [1.54, 1.807) is 0 Å². The molecule has 0 aliphatic rings. The molecule has 0 spiro atoms. The molecule has 2 N–H and O–H groups in total. The molecule has 0 bridgehead atoms. The summed E-state index contributed by atoms with van der Waals surface area (Å²) in [6.45, 7) is 4.10. The molecule has 2 aromatic carbocycles. The van der Waals surface area contributed by atoms with Crippen molar-refractivity contribution in [2.24, 2.45) is 5.92 Å². The number of carbonyl (C=O) groups is 2. The van der Waals surface area contributed by atoms with Gasteiger partial charge in [-0.3, -0.25) is 14.9 Å². The van der Waals surface area contributed by atoms with Crippen molar-refractivity contribution in [3.05, 3.63) is 64.6 Å². The van der Waals surface area contributed by atoms with Gasteiger partial charge in [-0.25, -0.2) is 0 Å². The lowest BCUT2D eigenvalue weighted by atomic mass is 9.98. The first kappa shape index (κ1) is 24.0. The fourth-order valence-electron chi connectivity index (χ4n) is 2.95. The van der Waals surface area contributed by atoms with Gasteiger partial charge in [0.15, 0.2) is 0 Å². The molecule has 168 valence electrons. The highest BCUT2D eigenvalue weighted by Crippen LogP contribution is 2.28. The van der Waals surface area contributed by atoms with E-state index in [4.69, 9.17) is 4.74 Å². The molecule has 2 atom stereocenters. The molecule has 1 aromatic heterocycles. The van der Waals surface area contributed by atoms with Crippen molar-refractivity contribution in [1.29, 1.82) is 0 Å². The molecule has 9 heteroatoms. The Hall–Kier alpha value is -2.62. The lowest BCUT2D eigenvalue weighted by Crippen LogP contribution is -2.48. The molecule has 3 aromatic rings. The number of amides is 2. The minimum absolute atomic E-state index is 0.0643. The molecular weight excluding hydrogens is 492 g/mol. The highest BCUT2D eigenvalue weighted by Gasteiger charge is 2.27. The standard InChI is InChI=1S/C23H25BrN4O3S/c1-3-15(2)20(25-19(29)14-31-13-16-8-5-4-6-9-16)21(30)26-23-28-27-22(32-23)17-10-7-11-18(24)12-17/h4-12,15,20H,3,13-14H2,1-2H3,(H,25,29)(H,26,28,30). The van der Waals surface area contributed by atoms with Gasteiger partial charge in [-0.2, -0.15) is 0 Å². The quantitative estimate of drug-likeness (QED) is 0.408. The van der Waals surface area contributed by atoms with Gasteiger partial charge in [0, 0.05) is 10.0 Å². The molecule has 2 unspecified atom stereocenters. The number of benzene rings is 2. The average Bonchev–Trinajstić information content (AvgIpc) is 3.26. The fraction of sp³-hybridized carbons (Fsp3) is 0.304. The minimum Gasteiger partial charge on any atom is -0.367 e. The first-order valence-corrected chi connectivity index (χ1v) is 11.9. The van der Waals surface area contributed by atoms with Crippen LogP contribution in [0, 0.1) is 5.92 Å². The van der Waals surface area contributed by atoms with E-state index < -0.39 is 6.04 Å². The zero-order valence-corrected chi connectivity index (χ0v) is 20.3. The van der Waals surface area contributed by atoms with Crippen LogP contribution >= 0.6 is 27.3 Å². The maximum Gasteiger partial charge on any atom is 0.249 e. The summed E-state index contributed by atoms with van der Waals surface area (Å²) in [7, 11) is 0. The first-order valence-electron chi connectivity index (χ1n) is 10.3. The molecule has 0 fully saturated rings. The second kappa shape index (κ2) is 11.8. The van der Waals surface area contributed by atoms with E-state index in [1.165, 1.54) is 11.3 Å². The highest BCUT2D eigenvalue weighted by molar-refractivity contribution is 9.10. The third-order valence-electron chi connectivity index (χ3n) is 4.88. The van der Waals surface area contributed by atoms with Gasteiger partial charge in [0.1, 0.15) is 17.7 Å². The Morgan fingerprint density at radius 1 is 1.12 bits per heavy atom. The van der Waals surface area contributed by atoms with Gasteiger partial charge in [-0.05, 0) is 23.6 Å². The monoisotopic (exact) mass is 516 g/mol. The third kappa shape index (κ3) is 6.94. The van der Waals surface area contributed by atoms with E-state index in [2.05, 4.69) is 36.8 Å². The molecule has 0 radical (unpaired) electrons. The lowest BCUT2D eigenvalue weighted by Gasteiger charge is -2.22. The van der Waals surface area contributed by atoms with E-state index in [0.29, 0.717) is 16.7 Å². The Kier molecular flexibility index (Phi) is 8.90. The number of halogens is 1. The SMILES string of the molecule is CCC(C)C(NC(=O)COCc1ccccc1)C(=O)Nc1nnc(-c2cccc(Br)c2)s1. The van der Waals surface area contributed by atoms with Crippen LogP contribution in [0.1, 0.15) is 25.8 Å². The number of ether oxygens (including phenoxy) is 1. The number of rotatable bonds is 10. The molecule has 7 nitrogen and oxygen atoms in total. The fourth-order valence-corrected chi connectivity index (χ4v) is 4.09. The Morgan fingerprint density at radius 3 is 2.62 bits per heavy atom. The second-order valence-electron chi connectivity index (χ2n) is 7.32. The molecule has 0 saturated heterocycles. The molecule has 1 heterocycles. The zero-order valence-electron chi connectivity index (χ0n) is 17.9. The zero-order chi connectivity index (χ0) is 22.9. The summed E-state index contributed by atoms with van der Waals surface area (Å²) >= 11 is 4.72. The van der Waals surface area contributed by atoms with E-state index in [1.807, 2.05) is 68.4 Å². The van der Waals surface area contributed by atoms with E-state index in [9.17, 15) is 9.59 Å². The van der Waals surface area contributed by atoms with E-state index in [-0.39, 0.29) is 24.3 Å². The first-order chi connectivity index (χ1) is 15.5. The minimum atomic E-state index is -0.703. The summed E-state index contributed by atoms with van der Waals surface area (Å²) in [5.41, 5.74) is 1.88. The summed E-state index contributed by atoms with van der Waals surface area (Å²) in [6.07, 6.45) is 0.725. The van der Waals surface area contributed by atoms with Gasteiger partial charge in [-0.15, -0.1) is 10.2 Å². The summed E-state index contributed by atoms with van der Waals surface area (Å²) in [5, 5.41) is 14.9. The molecule has 0 aliphatic heterocycles.